The Bertz CT molecular complexity index is 441. The summed E-state index contributed by atoms with van der Waals surface area (Å²) < 4.78 is 15.9. The van der Waals surface area contributed by atoms with Crippen LogP contribution in [-0.2, 0) is 9.47 Å². The molecule has 104 valence electrons. The van der Waals surface area contributed by atoms with Gasteiger partial charge in [0.25, 0.3) is 0 Å². The van der Waals surface area contributed by atoms with Crippen molar-refractivity contribution in [1.29, 1.82) is 0 Å². The molecule has 1 aromatic carbocycles. The maximum absolute atomic E-state index is 11.3. The molecule has 2 rings (SSSR count). The molecule has 2 N–H and O–H groups in total. The number of rotatable bonds is 4. The lowest BCUT2D eigenvalue weighted by molar-refractivity contribution is -0.0109. The van der Waals surface area contributed by atoms with Gasteiger partial charge in [0.05, 0.1) is 24.5 Å². The van der Waals surface area contributed by atoms with Crippen molar-refractivity contribution < 1.29 is 19.0 Å². The van der Waals surface area contributed by atoms with Crippen LogP contribution in [0.25, 0.3) is 0 Å². The maximum Gasteiger partial charge on any atom is 0.337 e. The van der Waals surface area contributed by atoms with Gasteiger partial charge in [-0.05, 0) is 37.5 Å². The molecular formula is C14H19NO4. The van der Waals surface area contributed by atoms with Gasteiger partial charge in [-0.2, -0.15) is 0 Å². The molecule has 1 atom stereocenters. The van der Waals surface area contributed by atoms with Gasteiger partial charge >= 0.3 is 5.97 Å². The summed E-state index contributed by atoms with van der Waals surface area (Å²) in [7, 11) is 1.34. The fourth-order valence-corrected chi connectivity index (χ4v) is 2.05. The summed E-state index contributed by atoms with van der Waals surface area (Å²) in [5.41, 5.74) is 6.70. The predicted octanol–water partition coefficient (Wildman–Crippen LogP) is 2.00. The van der Waals surface area contributed by atoms with Crippen LogP contribution in [0.4, 0.5) is 5.69 Å². The standard InChI is InChI=1S/C14H19NO4/c1-17-14(16)10-5-6-13(12(15)8-10)19-9-11-4-2-3-7-18-11/h5-6,8,11H,2-4,7,9,15H2,1H3. The van der Waals surface area contributed by atoms with Gasteiger partial charge in [-0.1, -0.05) is 0 Å². The monoisotopic (exact) mass is 265 g/mol. The SMILES string of the molecule is COC(=O)c1ccc(OCC2CCCCO2)c(N)c1. The van der Waals surface area contributed by atoms with E-state index in [9.17, 15) is 4.79 Å². The summed E-state index contributed by atoms with van der Waals surface area (Å²) in [4.78, 5) is 11.3. The van der Waals surface area contributed by atoms with Crippen LogP contribution in [-0.4, -0.2) is 32.4 Å². The molecule has 1 unspecified atom stereocenters. The van der Waals surface area contributed by atoms with Crippen molar-refractivity contribution >= 4 is 11.7 Å². The third kappa shape index (κ3) is 3.61. The molecule has 1 saturated heterocycles. The Morgan fingerprint density at radius 1 is 1.47 bits per heavy atom. The van der Waals surface area contributed by atoms with E-state index in [1.165, 1.54) is 13.5 Å². The van der Waals surface area contributed by atoms with E-state index in [0.717, 1.165) is 19.4 Å². The minimum Gasteiger partial charge on any atom is -0.489 e. The lowest BCUT2D eigenvalue weighted by atomic mass is 10.1. The van der Waals surface area contributed by atoms with Gasteiger partial charge in [0.1, 0.15) is 12.4 Å². The Labute approximate surface area is 112 Å². The second-order valence-corrected chi connectivity index (χ2v) is 4.54. The van der Waals surface area contributed by atoms with Crippen LogP contribution in [0.15, 0.2) is 18.2 Å². The van der Waals surface area contributed by atoms with E-state index in [-0.39, 0.29) is 6.10 Å². The number of anilines is 1. The zero-order chi connectivity index (χ0) is 13.7. The highest BCUT2D eigenvalue weighted by molar-refractivity contribution is 5.90. The summed E-state index contributed by atoms with van der Waals surface area (Å²) in [6.07, 6.45) is 3.44. The van der Waals surface area contributed by atoms with E-state index < -0.39 is 5.97 Å². The first-order valence-electron chi connectivity index (χ1n) is 6.43. The lowest BCUT2D eigenvalue weighted by Crippen LogP contribution is -2.26. The van der Waals surface area contributed by atoms with Gasteiger partial charge in [0, 0.05) is 6.61 Å². The molecular weight excluding hydrogens is 246 g/mol. The van der Waals surface area contributed by atoms with Crippen LogP contribution in [0.2, 0.25) is 0 Å². The fraction of sp³-hybridized carbons (Fsp3) is 0.500. The molecule has 0 spiro atoms. The lowest BCUT2D eigenvalue weighted by Gasteiger charge is -2.23. The molecule has 1 heterocycles. The highest BCUT2D eigenvalue weighted by Crippen LogP contribution is 2.24. The van der Waals surface area contributed by atoms with E-state index in [1.807, 2.05) is 0 Å². The van der Waals surface area contributed by atoms with Gasteiger partial charge in [-0.25, -0.2) is 4.79 Å². The number of benzene rings is 1. The van der Waals surface area contributed by atoms with E-state index >= 15 is 0 Å². The van der Waals surface area contributed by atoms with E-state index in [0.29, 0.717) is 23.6 Å². The molecule has 0 radical (unpaired) electrons. The van der Waals surface area contributed by atoms with Crippen LogP contribution in [0, 0.1) is 0 Å². The quantitative estimate of drug-likeness (QED) is 0.666. The van der Waals surface area contributed by atoms with Crippen molar-refractivity contribution in [2.75, 3.05) is 26.1 Å². The molecule has 0 amide bonds. The highest BCUT2D eigenvalue weighted by Gasteiger charge is 2.15. The fourth-order valence-electron chi connectivity index (χ4n) is 2.05. The van der Waals surface area contributed by atoms with Crippen LogP contribution in [0.3, 0.4) is 0 Å². The highest BCUT2D eigenvalue weighted by atomic mass is 16.5. The number of esters is 1. The number of nitrogens with two attached hydrogens (primary N) is 1. The van der Waals surface area contributed by atoms with Crippen LogP contribution in [0.1, 0.15) is 29.6 Å². The molecule has 1 aliphatic heterocycles. The van der Waals surface area contributed by atoms with Gasteiger partial charge in [0.2, 0.25) is 0 Å². The zero-order valence-corrected chi connectivity index (χ0v) is 11.1. The molecule has 1 aliphatic rings. The van der Waals surface area contributed by atoms with Crippen LogP contribution in [0.5, 0.6) is 5.75 Å². The molecule has 0 bridgehead atoms. The third-order valence-corrected chi connectivity index (χ3v) is 3.13. The first-order valence-corrected chi connectivity index (χ1v) is 6.43. The Kier molecular flexibility index (Phi) is 4.63. The average molecular weight is 265 g/mol. The molecule has 0 aromatic heterocycles. The molecule has 5 nitrogen and oxygen atoms in total. The normalized spacial score (nSPS) is 18.9. The summed E-state index contributed by atoms with van der Waals surface area (Å²) in [5, 5.41) is 0. The molecule has 0 aliphatic carbocycles. The minimum absolute atomic E-state index is 0.133. The zero-order valence-electron chi connectivity index (χ0n) is 11.1. The van der Waals surface area contributed by atoms with Gasteiger partial charge in [-0.15, -0.1) is 0 Å². The second kappa shape index (κ2) is 6.43. The first kappa shape index (κ1) is 13.7. The smallest absolute Gasteiger partial charge is 0.337 e. The van der Waals surface area contributed by atoms with E-state index in [2.05, 4.69) is 4.74 Å². The molecule has 5 heteroatoms. The summed E-state index contributed by atoms with van der Waals surface area (Å²) in [6.45, 7) is 1.28. The Hall–Kier alpha value is -1.75. The first-order chi connectivity index (χ1) is 9.20. The topological polar surface area (TPSA) is 70.8 Å². The van der Waals surface area contributed by atoms with E-state index in [4.69, 9.17) is 15.2 Å². The van der Waals surface area contributed by atoms with Gasteiger partial charge in [0.15, 0.2) is 0 Å². The van der Waals surface area contributed by atoms with Crippen molar-refractivity contribution in [1.82, 2.24) is 0 Å². The summed E-state index contributed by atoms with van der Waals surface area (Å²) in [5.74, 6) is 0.163. The van der Waals surface area contributed by atoms with Crippen molar-refractivity contribution in [2.45, 2.75) is 25.4 Å². The van der Waals surface area contributed by atoms with Crippen molar-refractivity contribution in [3.63, 3.8) is 0 Å². The Balaban J connectivity index is 1.95. The van der Waals surface area contributed by atoms with Crippen molar-refractivity contribution in [3.05, 3.63) is 23.8 Å². The van der Waals surface area contributed by atoms with Crippen LogP contribution < -0.4 is 10.5 Å². The summed E-state index contributed by atoms with van der Waals surface area (Å²) >= 11 is 0. The van der Waals surface area contributed by atoms with Gasteiger partial charge in [-0.3, -0.25) is 0 Å². The maximum atomic E-state index is 11.3. The van der Waals surface area contributed by atoms with Crippen molar-refractivity contribution in [3.8, 4) is 5.75 Å². The number of carbonyl (C=O) groups is 1. The molecule has 0 saturated carbocycles. The second-order valence-electron chi connectivity index (χ2n) is 4.54. The largest absolute Gasteiger partial charge is 0.489 e. The minimum atomic E-state index is -0.408. The molecule has 1 aromatic rings. The number of carbonyl (C=O) groups excluding carboxylic acids is 1. The number of ether oxygens (including phenoxy) is 3. The number of hydrogen-bond donors (Lipinski definition) is 1. The summed E-state index contributed by atoms with van der Waals surface area (Å²) in [6, 6.07) is 4.88. The average Bonchev–Trinajstić information content (AvgIpc) is 2.46. The number of hydrogen-bond acceptors (Lipinski definition) is 5. The number of methoxy groups -OCH3 is 1. The van der Waals surface area contributed by atoms with E-state index in [1.54, 1.807) is 18.2 Å². The Morgan fingerprint density at radius 2 is 2.32 bits per heavy atom. The van der Waals surface area contributed by atoms with Crippen LogP contribution >= 0.6 is 0 Å². The Morgan fingerprint density at radius 3 is 2.95 bits per heavy atom. The third-order valence-electron chi connectivity index (χ3n) is 3.13. The van der Waals surface area contributed by atoms with Gasteiger partial charge < -0.3 is 19.9 Å². The molecule has 19 heavy (non-hydrogen) atoms. The predicted molar refractivity (Wildman–Crippen MR) is 71.3 cm³/mol. The molecule has 1 fully saturated rings. The number of nitrogen functional groups attached to an aromatic ring is 1. The van der Waals surface area contributed by atoms with Crippen molar-refractivity contribution in [2.24, 2.45) is 0 Å².